The number of hydrogen-bond donors (Lipinski definition) is 3. The van der Waals surface area contributed by atoms with Crippen LogP contribution in [0.5, 0.6) is 0 Å². The van der Waals surface area contributed by atoms with E-state index in [-0.39, 0.29) is 25.7 Å². The van der Waals surface area contributed by atoms with Crippen molar-refractivity contribution in [2.24, 2.45) is 0 Å². The van der Waals surface area contributed by atoms with Crippen LogP contribution in [-0.4, -0.2) is 96.7 Å². The van der Waals surface area contributed by atoms with Crippen LogP contribution < -0.4 is 0 Å². The van der Waals surface area contributed by atoms with Crippen LogP contribution in [0.2, 0.25) is 0 Å². The van der Waals surface area contributed by atoms with E-state index in [1.165, 1.54) is 225 Å². The third-order valence-electron chi connectivity index (χ3n) is 18.3. The van der Waals surface area contributed by atoms with Crippen LogP contribution in [0.1, 0.15) is 400 Å². The second kappa shape index (κ2) is 76.2. The van der Waals surface area contributed by atoms with Crippen molar-refractivity contribution in [3.05, 3.63) is 48.6 Å². The second-order valence-corrected chi connectivity index (χ2v) is 31.4. The summed E-state index contributed by atoms with van der Waals surface area (Å²) in [6, 6.07) is 0. The average molecular weight is 1490 g/mol. The highest BCUT2D eigenvalue weighted by molar-refractivity contribution is 7.47. The van der Waals surface area contributed by atoms with E-state index < -0.39 is 97.5 Å². The van der Waals surface area contributed by atoms with Crippen LogP contribution in [0, 0.1) is 0 Å². The molecular weight excluding hydrogens is 1330 g/mol. The largest absolute Gasteiger partial charge is 0.472 e. The number of phosphoric acid groups is 2. The normalized spacial score (nSPS) is 14.1. The molecule has 0 spiro atoms. The van der Waals surface area contributed by atoms with E-state index in [1.807, 2.05) is 12.2 Å². The number of rotatable bonds is 80. The van der Waals surface area contributed by atoms with Gasteiger partial charge in [0.25, 0.3) is 0 Å². The summed E-state index contributed by atoms with van der Waals surface area (Å²) in [6.07, 6.45) is 75.1. The minimum Gasteiger partial charge on any atom is -0.462 e. The van der Waals surface area contributed by atoms with Crippen molar-refractivity contribution in [2.75, 3.05) is 39.6 Å². The number of aliphatic hydroxyl groups is 1. The Morgan fingerprint density at radius 1 is 0.275 bits per heavy atom. The Labute approximate surface area is 623 Å². The molecule has 0 aromatic rings. The van der Waals surface area contributed by atoms with Crippen molar-refractivity contribution in [3.63, 3.8) is 0 Å². The van der Waals surface area contributed by atoms with E-state index in [1.54, 1.807) is 0 Å². The molecule has 0 rings (SSSR count). The van der Waals surface area contributed by atoms with Crippen molar-refractivity contribution < 1.29 is 80.2 Å². The summed E-state index contributed by atoms with van der Waals surface area (Å²) in [7, 11) is -9.95. The summed E-state index contributed by atoms with van der Waals surface area (Å²) in [4.78, 5) is 73.1. The van der Waals surface area contributed by atoms with Gasteiger partial charge in [-0.3, -0.25) is 37.3 Å². The van der Waals surface area contributed by atoms with E-state index in [4.69, 9.17) is 37.0 Å². The Hall–Kier alpha value is -2.98. The predicted octanol–water partition coefficient (Wildman–Crippen LogP) is 24.5. The third kappa shape index (κ3) is 75.3. The summed E-state index contributed by atoms with van der Waals surface area (Å²) >= 11 is 0. The molecule has 0 aliphatic rings. The number of carbonyl (C=O) groups is 4. The topological polar surface area (TPSA) is 237 Å². The zero-order valence-corrected chi connectivity index (χ0v) is 67.3. The number of esters is 4. The summed E-state index contributed by atoms with van der Waals surface area (Å²) in [5, 5.41) is 10.6. The first-order chi connectivity index (χ1) is 49.7. The van der Waals surface area contributed by atoms with Gasteiger partial charge in [-0.2, -0.15) is 0 Å². The molecule has 5 atom stereocenters. The smallest absolute Gasteiger partial charge is 0.462 e. The van der Waals surface area contributed by atoms with Gasteiger partial charge in [0.1, 0.15) is 19.3 Å². The second-order valence-electron chi connectivity index (χ2n) is 28.4. The molecule has 19 heteroatoms. The van der Waals surface area contributed by atoms with Gasteiger partial charge in [-0.1, -0.05) is 359 Å². The van der Waals surface area contributed by atoms with Crippen LogP contribution in [0.25, 0.3) is 0 Å². The van der Waals surface area contributed by atoms with E-state index in [0.29, 0.717) is 32.1 Å². The van der Waals surface area contributed by atoms with Gasteiger partial charge in [0.15, 0.2) is 12.2 Å². The molecule has 3 N–H and O–H groups in total. The monoisotopic (exact) mass is 1490 g/mol. The van der Waals surface area contributed by atoms with Gasteiger partial charge < -0.3 is 33.8 Å². The Balaban J connectivity index is 5.34. The van der Waals surface area contributed by atoms with Gasteiger partial charge in [0, 0.05) is 25.7 Å². The van der Waals surface area contributed by atoms with Crippen molar-refractivity contribution in [3.8, 4) is 0 Å². The fraction of sp³-hybridized carbons (Fsp3) is 0.855. The number of phosphoric ester groups is 2. The molecule has 0 fully saturated rings. The third-order valence-corrected chi connectivity index (χ3v) is 20.2. The molecule has 0 heterocycles. The van der Waals surface area contributed by atoms with Crippen LogP contribution >= 0.6 is 15.6 Å². The fourth-order valence-electron chi connectivity index (χ4n) is 11.9. The zero-order valence-electron chi connectivity index (χ0n) is 65.6. The number of ether oxygens (including phenoxy) is 4. The number of carbonyl (C=O) groups excluding carboxylic acids is 4. The van der Waals surface area contributed by atoms with Gasteiger partial charge in [-0.15, -0.1) is 0 Å². The van der Waals surface area contributed by atoms with E-state index >= 15 is 0 Å². The lowest BCUT2D eigenvalue weighted by Crippen LogP contribution is -2.30. The molecule has 0 bridgehead atoms. The Morgan fingerprint density at radius 2 is 0.490 bits per heavy atom. The summed E-state index contributed by atoms with van der Waals surface area (Å²) < 4.78 is 68.7. The minimum absolute atomic E-state index is 0.0258. The maximum Gasteiger partial charge on any atom is 0.472 e. The molecular formula is C83H154O17P2. The quantitative estimate of drug-likeness (QED) is 0.0169. The van der Waals surface area contributed by atoms with Gasteiger partial charge in [0.05, 0.1) is 26.4 Å². The molecule has 598 valence electrons. The first-order valence-corrected chi connectivity index (χ1v) is 44.9. The van der Waals surface area contributed by atoms with E-state index in [2.05, 4.69) is 64.2 Å². The first-order valence-electron chi connectivity index (χ1n) is 41.9. The highest BCUT2D eigenvalue weighted by Crippen LogP contribution is 2.45. The van der Waals surface area contributed by atoms with Gasteiger partial charge in [0.2, 0.25) is 0 Å². The van der Waals surface area contributed by atoms with Crippen molar-refractivity contribution in [1.82, 2.24) is 0 Å². The standard InChI is InChI=1S/C83H154O17P2/c1-5-9-13-17-21-25-29-33-36-38-41-45-48-52-56-60-64-68-81(86)94-74-79(100-83(88)70-66-62-58-54-50-46-42-39-37-34-30-26-22-18-14-10-6-2)76-98-102(91,92)96-72-77(84)71-95-101(89,90)97-75-78(99-82(87)69-65-61-57-53-49-43-32-28-24-20-16-12-8-4)73-93-80(85)67-63-59-55-51-47-44-40-35-31-27-23-19-15-11-7-3/h22,26,34,37,42,46,54,58,77-79,84H,5-21,23-25,27-33,35-36,38-41,43-45,47-53,55-57,59-76H2,1-4H3,(H,89,90)(H,91,92)/b26-22-,37-34-,46-42-,58-54-/t77-,78-,79-/m1/s1. The highest BCUT2D eigenvalue weighted by atomic mass is 31.2. The van der Waals surface area contributed by atoms with Gasteiger partial charge >= 0.3 is 39.5 Å². The maximum absolute atomic E-state index is 13.1. The van der Waals surface area contributed by atoms with Crippen molar-refractivity contribution in [2.45, 2.75) is 418 Å². The van der Waals surface area contributed by atoms with Gasteiger partial charge in [-0.25, -0.2) is 9.13 Å². The highest BCUT2D eigenvalue weighted by Gasteiger charge is 2.30. The fourth-order valence-corrected chi connectivity index (χ4v) is 13.5. The molecule has 0 aliphatic heterocycles. The molecule has 0 amide bonds. The molecule has 0 aliphatic carbocycles. The molecule has 102 heavy (non-hydrogen) atoms. The Morgan fingerprint density at radius 3 is 0.775 bits per heavy atom. The molecule has 0 saturated heterocycles. The van der Waals surface area contributed by atoms with Crippen molar-refractivity contribution in [1.29, 1.82) is 0 Å². The Kier molecular flexibility index (Phi) is 74.0. The van der Waals surface area contributed by atoms with E-state index in [9.17, 15) is 43.2 Å². The molecule has 0 aromatic heterocycles. The van der Waals surface area contributed by atoms with Crippen LogP contribution in [-0.2, 0) is 65.4 Å². The zero-order chi connectivity index (χ0) is 74.6. The summed E-state index contributed by atoms with van der Waals surface area (Å²) in [6.45, 7) is 4.90. The summed E-state index contributed by atoms with van der Waals surface area (Å²) in [5.74, 6) is -2.19. The molecule has 0 aromatic carbocycles. The lowest BCUT2D eigenvalue weighted by Gasteiger charge is -2.21. The predicted molar refractivity (Wildman–Crippen MR) is 418 cm³/mol. The number of unbranched alkanes of at least 4 members (excludes halogenated alkanes) is 46. The van der Waals surface area contributed by atoms with E-state index in [0.717, 1.165) is 89.9 Å². The van der Waals surface area contributed by atoms with Crippen LogP contribution in [0.3, 0.4) is 0 Å². The van der Waals surface area contributed by atoms with Gasteiger partial charge in [-0.05, 0) is 64.2 Å². The number of hydrogen-bond acceptors (Lipinski definition) is 15. The number of aliphatic hydroxyl groups excluding tert-OH is 1. The maximum atomic E-state index is 13.1. The Bertz CT molecular complexity index is 2120. The first kappa shape index (κ1) is 99.0. The van der Waals surface area contributed by atoms with Crippen molar-refractivity contribution >= 4 is 39.5 Å². The van der Waals surface area contributed by atoms with Crippen LogP contribution in [0.4, 0.5) is 0 Å². The molecule has 17 nitrogen and oxygen atoms in total. The molecule has 0 radical (unpaired) electrons. The summed E-state index contributed by atoms with van der Waals surface area (Å²) in [5.41, 5.74) is 0. The lowest BCUT2D eigenvalue weighted by molar-refractivity contribution is -0.161. The SMILES string of the molecule is CCCCC/C=C\C/C=C\C/C=C\C/C=C\CCCC(=O)O[C@H](COC(=O)CCCCCCCCCCCCCCCCCCC)COP(=O)(O)OC[C@H](O)COP(=O)(O)OC[C@@H](COC(=O)CCCCCCCCCCCCCCCCC)OC(=O)CCCCCCCCCCCCCCC. The molecule has 0 saturated carbocycles. The van der Waals surface area contributed by atoms with Crippen LogP contribution in [0.15, 0.2) is 48.6 Å². The minimum atomic E-state index is -4.98. The lowest BCUT2D eigenvalue weighted by atomic mass is 10.0. The molecule has 2 unspecified atom stereocenters. The average Bonchev–Trinajstić information content (AvgIpc) is 0.908. The number of allylic oxidation sites excluding steroid dienone is 8.